The molecule has 1 amide bonds. The molecule has 6 heteroatoms. The number of hydrogen-bond acceptors (Lipinski definition) is 4. The summed E-state index contributed by atoms with van der Waals surface area (Å²) in [5.74, 6) is 0.0620. The lowest BCUT2D eigenvalue weighted by Crippen LogP contribution is -2.32. The zero-order valence-electron chi connectivity index (χ0n) is 17.1. The van der Waals surface area contributed by atoms with Gasteiger partial charge in [0.25, 0.3) is 0 Å². The summed E-state index contributed by atoms with van der Waals surface area (Å²) in [7, 11) is 0. The van der Waals surface area contributed by atoms with E-state index in [0.29, 0.717) is 32.4 Å². The van der Waals surface area contributed by atoms with E-state index in [-0.39, 0.29) is 23.7 Å². The first kappa shape index (κ1) is 23.3. The number of halogens is 1. The number of likely N-dealkylation sites (tertiary alicyclic amines) is 1. The van der Waals surface area contributed by atoms with Crippen LogP contribution in [0.25, 0.3) is 0 Å². The van der Waals surface area contributed by atoms with Gasteiger partial charge in [0.15, 0.2) is 5.78 Å². The van der Waals surface area contributed by atoms with Crippen LogP contribution in [0.3, 0.4) is 0 Å². The normalized spacial score (nSPS) is 16.6. The zero-order chi connectivity index (χ0) is 21.1. The van der Waals surface area contributed by atoms with Crippen molar-refractivity contribution in [3.8, 4) is 0 Å². The number of amides is 1. The number of rotatable bonds is 12. The van der Waals surface area contributed by atoms with E-state index in [0.717, 1.165) is 42.1 Å². The van der Waals surface area contributed by atoms with E-state index in [4.69, 9.17) is 4.74 Å². The first-order valence-corrected chi connectivity index (χ1v) is 11.2. The van der Waals surface area contributed by atoms with Crippen molar-refractivity contribution in [2.24, 2.45) is 0 Å². The molecule has 1 unspecified atom stereocenters. The van der Waals surface area contributed by atoms with Crippen LogP contribution >= 0.6 is 15.9 Å². The highest BCUT2D eigenvalue weighted by Crippen LogP contribution is 2.21. The topological polar surface area (TPSA) is 63.7 Å². The van der Waals surface area contributed by atoms with E-state index in [1.54, 1.807) is 6.08 Å². The van der Waals surface area contributed by atoms with Gasteiger partial charge in [-0.05, 0) is 50.0 Å². The SMILES string of the molecule is CCOC(=O)CCCCCCN1C(=O)CCC1/C=C/C(=O)Cc1cccc(Br)c1. The Hall–Kier alpha value is -1.95. The van der Waals surface area contributed by atoms with E-state index < -0.39 is 0 Å². The maximum absolute atomic E-state index is 12.3. The number of hydrogen-bond donors (Lipinski definition) is 0. The molecule has 2 rings (SSSR count). The van der Waals surface area contributed by atoms with Gasteiger partial charge in [0.2, 0.25) is 5.91 Å². The van der Waals surface area contributed by atoms with Crippen molar-refractivity contribution in [2.45, 2.75) is 64.3 Å². The van der Waals surface area contributed by atoms with E-state index in [9.17, 15) is 14.4 Å². The van der Waals surface area contributed by atoms with Crippen LogP contribution in [0.4, 0.5) is 0 Å². The second-order valence-electron chi connectivity index (χ2n) is 7.29. The monoisotopic (exact) mass is 463 g/mol. The molecule has 1 atom stereocenters. The molecule has 0 bridgehead atoms. The van der Waals surface area contributed by atoms with Crippen LogP contribution in [0.1, 0.15) is 57.4 Å². The standard InChI is InChI=1S/C23H30BrNO4/c1-2-29-23(28)10-5-3-4-6-15-25-20(12-14-22(25)27)11-13-21(26)17-18-8-7-9-19(24)16-18/h7-9,11,13,16,20H,2-6,10,12,14-15,17H2,1H3/b13-11+. The Kier molecular flexibility index (Phi) is 10.1. The van der Waals surface area contributed by atoms with Crippen LogP contribution in [-0.2, 0) is 25.5 Å². The molecule has 1 aromatic carbocycles. The number of allylic oxidation sites excluding steroid dienone is 1. The van der Waals surface area contributed by atoms with Gasteiger partial charge in [-0.15, -0.1) is 0 Å². The van der Waals surface area contributed by atoms with Crippen molar-refractivity contribution in [1.29, 1.82) is 0 Å². The molecule has 0 N–H and O–H groups in total. The maximum atomic E-state index is 12.3. The fraction of sp³-hybridized carbons (Fsp3) is 0.522. The quantitative estimate of drug-likeness (QED) is 0.257. The highest BCUT2D eigenvalue weighted by molar-refractivity contribution is 9.10. The van der Waals surface area contributed by atoms with Gasteiger partial charge in [-0.3, -0.25) is 14.4 Å². The molecule has 29 heavy (non-hydrogen) atoms. The minimum absolute atomic E-state index is 0.00786. The molecule has 0 radical (unpaired) electrons. The Balaban J connectivity index is 1.72. The molecule has 158 valence electrons. The lowest BCUT2D eigenvalue weighted by Gasteiger charge is -2.22. The molecule has 1 fully saturated rings. The van der Waals surface area contributed by atoms with Gasteiger partial charge in [0.1, 0.15) is 0 Å². The average Bonchev–Trinajstić information content (AvgIpc) is 3.03. The second kappa shape index (κ2) is 12.6. The molecule has 5 nitrogen and oxygen atoms in total. The summed E-state index contributed by atoms with van der Waals surface area (Å²) in [4.78, 5) is 37.6. The van der Waals surface area contributed by atoms with Crippen LogP contribution in [0, 0.1) is 0 Å². The van der Waals surface area contributed by atoms with Crippen LogP contribution in [0.5, 0.6) is 0 Å². The maximum Gasteiger partial charge on any atom is 0.305 e. The van der Waals surface area contributed by atoms with Gasteiger partial charge in [-0.2, -0.15) is 0 Å². The Morgan fingerprint density at radius 2 is 2.03 bits per heavy atom. The number of carbonyl (C=O) groups is 3. The number of unbranched alkanes of at least 4 members (excludes halogenated alkanes) is 3. The molecule has 0 spiro atoms. The van der Waals surface area contributed by atoms with E-state index >= 15 is 0 Å². The fourth-order valence-corrected chi connectivity index (χ4v) is 3.96. The zero-order valence-corrected chi connectivity index (χ0v) is 18.7. The number of ketones is 1. The first-order chi connectivity index (χ1) is 14.0. The third-order valence-corrected chi connectivity index (χ3v) is 5.47. The van der Waals surface area contributed by atoms with Gasteiger partial charge in [0, 0.05) is 30.3 Å². The Labute approximate surface area is 181 Å². The van der Waals surface area contributed by atoms with Crippen molar-refractivity contribution in [2.75, 3.05) is 13.2 Å². The first-order valence-electron chi connectivity index (χ1n) is 10.4. The Morgan fingerprint density at radius 1 is 1.24 bits per heavy atom. The molecule has 1 aromatic rings. The van der Waals surface area contributed by atoms with Gasteiger partial charge < -0.3 is 9.64 Å². The number of esters is 1. The summed E-state index contributed by atoms with van der Waals surface area (Å²) in [5, 5.41) is 0. The van der Waals surface area contributed by atoms with Crippen molar-refractivity contribution >= 4 is 33.6 Å². The van der Waals surface area contributed by atoms with Crippen LogP contribution < -0.4 is 0 Å². The number of ether oxygens (including phenoxy) is 1. The largest absolute Gasteiger partial charge is 0.466 e. The van der Waals surface area contributed by atoms with Gasteiger partial charge in [-0.1, -0.05) is 47.0 Å². The summed E-state index contributed by atoms with van der Waals surface area (Å²) in [6.07, 6.45) is 9.28. The van der Waals surface area contributed by atoms with Gasteiger partial charge >= 0.3 is 5.97 Å². The van der Waals surface area contributed by atoms with E-state index in [1.165, 1.54) is 0 Å². The second-order valence-corrected chi connectivity index (χ2v) is 8.21. The van der Waals surface area contributed by atoms with Crippen LogP contribution in [-0.4, -0.2) is 41.8 Å². The molecule has 0 aromatic heterocycles. The van der Waals surface area contributed by atoms with Crippen LogP contribution in [0.15, 0.2) is 40.9 Å². The molecule has 1 heterocycles. The number of benzene rings is 1. The molecule has 1 aliphatic heterocycles. The predicted molar refractivity (Wildman–Crippen MR) is 116 cm³/mol. The minimum Gasteiger partial charge on any atom is -0.466 e. The Bertz CT molecular complexity index is 731. The van der Waals surface area contributed by atoms with E-state index in [1.807, 2.05) is 42.2 Å². The van der Waals surface area contributed by atoms with Crippen LogP contribution in [0.2, 0.25) is 0 Å². The molecule has 1 saturated heterocycles. The number of nitrogens with zero attached hydrogens (tertiary/aromatic N) is 1. The average molecular weight is 464 g/mol. The summed E-state index contributed by atoms with van der Waals surface area (Å²) in [5.41, 5.74) is 0.969. The van der Waals surface area contributed by atoms with Gasteiger partial charge in [-0.25, -0.2) is 0 Å². The predicted octanol–water partition coefficient (Wildman–Crippen LogP) is 4.62. The lowest BCUT2D eigenvalue weighted by molar-refractivity contribution is -0.143. The summed E-state index contributed by atoms with van der Waals surface area (Å²) >= 11 is 3.42. The summed E-state index contributed by atoms with van der Waals surface area (Å²) < 4.78 is 5.88. The summed E-state index contributed by atoms with van der Waals surface area (Å²) in [6, 6.07) is 7.74. The third-order valence-electron chi connectivity index (χ3n) is 4.98. The fourth-order valence-electron chi connectivity index (χ4n) is 3.51. The molecule has 1 aliphatic rings. The highest BCUT2D eigenvalue weighted by atomic mass is 79.9. The van der Waals surface area contributed by atoms with Crippen molar-refractivity contribution < 1.29 is 19.1 Å². The van der Waals surface area contributed by atoms with Crippen molar-refractivity contribution in [3.63, 3.8) is 0 Å². The van der Waals surface area contributed by atoms with Gasteiger partial charge in [0.05, 0.1) is 12.6 Å². The van der Waals surface area contributed by atoms with Crippen molar-refractivity contribution in [3.05, 3.63) is 46.5 Å². The minimum atomic E-state index is -0.139. The molecule has 0 saturated carbocycles. The molecular formula is C23H30BrNO4. The number of carbonyl (C=O) groups excluding carboxylic acids is 3. The summed E-state index contributed by atoms with van der Waals surface area (Å²) in [6.45, 7) is 2.94. The molecule has 0 aliphatic carbocycles. The Morgan fingerprint density at radius 3 is 2.79 bits per heavy atom. The molecular weight excluding hydrogens is 434 g/mol. The van der Waals surface area contributed by atoms with Crippen molar-refractivity contribution in [1.82, 2.24) is 4.90 Å². The lowest BCUT2D eigenvalue weighted by atomic mass is 10.1. The van der Waals surface area contributed by atoms with E-state index in [2.05, 4.69) is 15.9 Å². The third kappa shape index (κ3) is 8.52. The smallest absolute Gasteiger partial charge is 0.305 e. The highest BCUT2D eigenvalue weighted by Gasteiger charge is 2.28.